The Morgan fingerprint density at radius 3 is 2.65 bits per heavy atom. The molecule has 0 saturated heterocycles. The quantitative estimate of drug-likeness (QED) is 0.600. The maximum atomic E-state index is 12.0. The van der Waals surface area contributed by atoms with E-state index in [4.69, 9.17) is 21.3 Å². The van der Waals surface area contributed by atoms with Crippen LogP contribution in [-0.4, -0.2) is 24.6 Å². The summed E-state index contributed by atoms with van der Waals surface area (Å²) in [7, 11) is 1.34. The summed E-state index contributed by atoms with van der Waals surface area (Å²) in [4.78, 5) is 28.6. The van der Waals surface area contributed by atoms with Crippen LogP contribution >= 0.6 is 27.5 Å². The Morgan fingerprint density at radius 1 is 1.23 bits per heavy atom. The topological polar surface area (TPSA) is 55.7 Å². The van der Waals surface area contributed by atoms with Crippen LogP contribution in [0.2, 0.25) is 5.02 Å². The van der Waals surface area contributed by atoms with E-state index in [0.717, 1.165) is 11.3 Å². The minimum atomic E-state index is -0.437. The van der Waals surface area contributed by atoms with Crippen molar-refractivity contribution >= 4 is 50.7 Å². The average molecular weight is 435 g/mol. The zero-order chi connectivity index (χ0) is 18.7. The molecule has 1 unspecified atom stereocenters. The van der Waals surface area contributed by atoms with E-state index in [0.29, 0.717) is 40.0 Å². The van der Waals surface area contributed by atoms with Crippen molar-refractivity contribution in [3.8, 4) is 0 Å². The summed E-state index contributed by atoms with van der Waals surface area (Å²) in [5.74, 6) is -0.208. The van der Waals surface area contributed by atoms with Gasteiger partial charge >= 0.3 is 5.97 Å². The molecule has 4 nitrogen and oxygen atoms in total. The highest BCUT2D eigenvalue weighted by molar-refractivity contribution is 9.10. The Morgan fingerprint density at radius 2 is 1.96 bits per heavy atom. The zero-order valence-electron chi connectivity index (χ0n) is 14.2. The highest BCUT2D eigenvalue weighted by atomic mass is 79.9. The number of ether oxygens (including phenoxy) is 1. The standard InChI is InChI=1S/C20H17BrClNO3/c1-26-20(25)16-3-2-4-17(19(16)21)23-18-11-14(24)9-10-15(18)12-5-7-13(22)8-6-12/h2-8,15H,9-11H2,1H3. The van der Waals surface area contributed by atoms with Crippen LogP contribution in [0, 0.1) is 0 Å². The molecule has 3 rings (SSSR count). The van der Waals surface area contributed by atoms with Crippen molar-refractivity contribution in [3.05, 3.63) is 63.1 Å². The van der Waals surface area contributed by atoms with E-state index in [1.807, 2.05) is 30.3 Å². The third-order valence-corrected chi connectivity index (χ3v) is 5.50. The maximum Gasteiger partial charge on any atom is 0.339 e. The summed E-state index contributed by atoms with van der Waals surface area (Å²) >= 11 is 9.43. The van der Waals surface area contributed by atoms with Crippen LogP contribution in [0.5, 0.6) is 0 Å². The molecule has 0 N–H and O–H groups in total. The molecule has 0 bridgehead atoms. The van der Waals surface area contributed by atoms with Crippen LogP contribution in [-0.2, 0) is 9.53 Å². The number of halogens is 2. The molecule has 1 aliphatic carbocycles. The molecule has 6 heteroatoms. The molecule has 0 spiro atoms. The number of ketones is 1. The first-order chi connectivity index (χ1) is 12.5. The van der Waals surface area contributed by atoms with Crippen LogP contribution in [0.1, 0.15) is 41.1 Å². The van der Waals surface area contributed by atoms with Crippen LogP contribution in [0.15, 0.2) is 51.9 Å². The average Bonchev–Trinajstić information content (AvgIpc) is 2.64. The number of methoxy groups -OCH3 is 1. The van der Waals surface area contributed by atoms with Gasteiger partial charge in [-0.25, -0.2) is 4.79 Å². The lowest BCUT2D eigenvalue weighted by atomic mass is 9.81. The van der Waals surface area contributed by atoms with E-state index in [1.165, 1.54) is 7.11 Å². The van der Waals surface area contributed by atoms with Crippen molar-refractivity contribution in [1.82, 2.24) is 0 Å². The summed E-state index contributed by atoms with van der Waals surface area (Å²) in [5.41, 5.74) is 2.89. The number of hydrogen-bond donors (Lipinski definition) is 0. The lowest BCUT2D eigenvalue weighted by Crippen LogP contribution is -2.23. The van der Waals surface area contributed by atoms with Gasteiger partial charge in [-0.1, -0.05) is 29.8 Å². The first-order valence-electron chi connectivity index (χ1n) is 8.21. The van der Waals surface area contributed by atoms with Crippen LogP contribution in [0.3, 0.4) is 0 Å². The van der Waals surface area contributed by atoms with Gasteiger partial charge in [0.2, 0.25) is 0 Å². The Labute approximate surface area is 165 Å². The number of carbonyl (C=O) groups is 2. The second-order valence-corrected chi connectivity index (χ2v) is 7.32. The number of aliphatic imine (C=N–C) groups is 1. The fourth-order valence-electron chi connectivity index (χ4n) is 3.09. The molecule has 26 heavy (non-hydrogen) atoms. The third kappa shape index (κ3) is 4.05. The van der Waals surface area contributed by atoms with Crippen molar-refractivity contribution in [2.24, 2.45) is 4.99 Å². The van der Waals surface area contributed by atoms with Gasteiger partial charge in [-0.2, -0.15) is 0 Å². The molecule has 2 aromatic rings. The van der Waals surface area contributed by atoms with Gasteiger partial charge in [-0.15, -0.1) is 0 Å². The highest BCUT2D eigenvalue weighted by Crippen LogP contribution is 2.35. The number of hydrogen-bond acceptors (Lipinski definition) is 4. The second-order valence-electron chi connectivity index (χ2n) is 6.09. The number of nitrogens with zero attached hydrogens (tertiary/aromatic N) is 1. The second kappa shape index (κ2) is 8.14. The van der Waals surface area contributed by atoms with E-state index < -0.39 is 5.97 Å². The largest absolute Gasteiger partial charge is 0.465 e. The van der Waals surface area contributed by atoms with Gasteiger partial charge in [0.05, 0.1) is 22.8 Å². The summed E-state index contributed by atoms with van der Waals surface area (Å²) in [6.45, 7) is 0. The minimum Gasteiger partial charge on any atom is -0.465 e. The zero-order valence-corrected chi connectivity index (χ0v) is 16.5. The molecular weight excluding hydrogens is 418 g/mol. The van der Waals surface area contributed by atoms with E-state index in [1.54, 1.807) is 12.1 Å². The maximum absolute atomic E-state index is 12.0. The van der Waals surface area contributed by atoms with Crippen molar-refractivity contribution < 1.29 is 14.3 Å². The number of Topliss-reactive ketones (excluding diaryl/α,β-unsaturated/α-hetero) is 1. The molecule has 0 radical (unpaired) electrons. The van der Waals surface area contributed by atoms with Gasteiger partial charge in [-0.05, 0) is 52.2 Å². The number of rotatable bonds is 3. The van der Waals surface area contributed by atoms with E-state index in [9.17, 15) is 9.59 Å². The van der Waals surface area contributed by atoms with Crippen LogP contribution in [0.4, 0.5) is 5.69 Å². The van der Waals surface area contributed by atoms with Crippen molar-refractivity contribution in [2.45, 2.75) is 25.2 Å². The molecule has 1 atom stereocenters. The third-order valence-electron chi connectivity index (χ3n) is 4.41. The fraction of sp³-hybridized carbons (Fsp3) is 0.250. The van der Waals surface area contributed by atoms with Gasteiger partial charge in [0.15, 0.2) is 0 Å². The van der Waals surface area contributed by atoms with E-state index in [2.05, 4.69) is 15.9 Å². The predicted molar refractivity (Wildman–Crippen MR) is 106 cm³/mol. The smallest absolute Gasteiger partial charge is 0.339 e. The van der Waals surface area contributed by atoms with Crippen molar-refractivity contribution in [3.63, 3.8) is 0 Å². The van der Waals surface area contributed by atoms with Crippen molar-refractivity contribution in [1.29, 1.82) is 0 Å². The molecule has 134 valence electrons. The van der Waals surface area contributed by atoms with Crippen LogP contribution < -0.4 is 0 Å². The predicted octanol–water partition coefficient (Wildman–Crippen LogP) is 5.50. The lowest BCUT2D eigenvalue weighted by molar-refractivity contribution is -0.118. The normalized spacial score (nSPS) is 18.8. The molecular formula is C20H17BrClNO3. The number of benzene rings is 2. The summed E-state index contributed by atoms with van der Waals surface area (Å²) in [6, 6.07) is 12.9. The Hall–Kier alpha value is -1.98. The van der Waals surface area contributed by atoms with Gasteiger partial charge in [-0.3, -0.25) is 9.79 Å². The summed E-state index contributed by atoms with van der Waals surface area (Å²) in [6.07, 6.45) is 1.56. The number of carbonyl (C=O) groups excluding carboxylic acids is 2. The SMILES string of the molecule is COC(=O)c1cccc(N=C2CC(=O)CCC2c2ccc(Cl)cc2)c1Br. The molecule has 0 heterocycles. The molecule has 1 aliphatic rings. The lowest BCUT2D eigenvalue weighted by Gasteiger charge is -2.24. The number of esters is 1. The fourth-order valence-corrected chi connectivity index (χ4v) is 3.73. The van der Waals surface area contributed by atoms with Gasteiger partial charge < -0.3 is 4.74 Å². The first kappa shape index (κ1) is 18.8. The monoisotopic (exact) mass is 433 g/mol. The first-order valence-corrected chi connectivity index (χ1v) is 9.38. The Kier molecular flexibility index (Phi) is 5.89. The van der Waals surface area contributed by atoms with Crippen molar-refractivity contribution in [2.75, 3.05) is 7.11 Å². The molecule has 1 saturated carbocycles. The summed E-state index contributed by atoms with van der Waals surface area (Å²) in [5, 5.41) is 0.674. The molecule has 1 fully saturated rings. The van der Waals surface area contributed by atoms with Gasteiger partial charge in [0.25, 0.3) is 0 Å². The Bertz CT molecular complexity index is 877. The van der Waals surface area contributed by atoms with Gasteiger partial charge in [0.1, 0.15) is 5.78 Å². The van der Waals surface area contributed by atoms with Crippen LogP contribution in [0.25, 0.3) is 0 Å². The minimum absolute atomic E-state index is 0.0543. The molecule has 0 amide bonds. The molecule has 2 aromatic carbocycles. The molecule has 0 aromatic heterocycles. The van der Waals surface area contributed by atoms with E-state index >= 15 is 0 Å². The molecule has 0 aliphatic heterocycles. The van der Waals surface area contributed by atoms with Gasteiger partial charge in [0, 0.05) is 29.5 Å². The highest BCUT2D eigenvalue weighted by Gasteiger charge is 2.27. The van der Waals surface area contributed by atoms with E-state index in [-0.39, 0.29) is 11.7 Å². The Balaban J connectivity index is 2.02. The summed E-state index contributed by atoms with van der Waals surface area (Å²) < 4.78 is 5.36.